The Bertz CT molecular complexity index is 925. The lowest BCUT2D eigenvalue weighted by Gasteiger charge is -2.39. The number of hydrogen-bond donors (Lipinski definition) is 0. The summed E-state index contributed by atoms with van der Waals surface area (Å²) in [5.74, 6) is 0. The third-order valence-corrected chi connectivity index (χ3v) is 5.41. The molecule has 138 valence electrons. The van der Waals surface area contributed by atoms with Crippen molar-refractivity contribution in [3.63, 3.8) is 0 Å². The maximum atomic E-state index is 2.27. The molecule has 0 N–H and O–H groups in total. The normalized spacial score (nSPS) is 11.2. The van der Waals surface area contributed by atoms with Crippen molar-refractivity contribution < 1.29 is 0 Å². The van der Waals surface area contributed by atoms with E-state index in [1.165, 1.54) is 27.9 Å². The van der Waals surface area contributed by atoms with Crippen molar-refractivity contribution in [2.75, 3.05) is 19.0 Å². The molecule has 0 spiro atoms. The van der Waals surface area contributed by atoms with Crippen LogP contribution in [-0.2, 0) is 5.41 Å². The Kier molecular flexibility index (Phi) is 4.99. The van der Waals surface area contributed by atoms with Crippen LogP contribution in [0.25, 0.3) is 0 Å². The third-order valence-electron chi connectivity index (χ3n) is 5.41. The first-order valence-electron chi connectivity index (χ1n) is 9.68. The Hall–Kier alpha value is -3.32. The second-order valence-electron chi connectivity index (χ2n) is 7.26. The fourth-order valence-corrected chi connectivity index (χ4v) is 4.21. The monoisotopic (exact) mass is 363 g/mol. The van der Waals surface area contributed by atoms with E-state index in [1.54, 1.807) is 0 Å². The average molecular weight is 364 g/mol. The van der Waals surface area contributed by atoms with Gasteiger partial charge in [0.05, 0.1) is 5.41 Å². The Balaban J connectivity index is 2.18. The molecule has 0 fully saturated rings. The predicted octanol–water partition coefficient (Wildman–Crippen LogP) is 6.14. The minimum absolute atomic E-state index is 0.398. The van der Waals surface area contributed by atoms with E-state index in [9.17, 15) is 0 Å². The molecule has 0 radical (unpaired) electrons. The zero-order valence-electron chi connectivity index (χ0n) is 16.4. The minimum Gasteiger partial charge on any atom is -0.377 e. The predicted molar refractivity (Wildman–Crippen MR) is 119 cm³/mol. The maximum absolute atomic E-state index is 2.27. The quantitative estimate of drug-likeness (QED) is 0.385. The molecular weight excluding hydrogens is 338 g/mol. The summed E-state index contributed by atoms with van der Waals surface area (Å²) in [7, 11) is 4.23. The molecule has 0 aliphatic rings. The van der Waals surface area contributed by atoms with Crippen molar-refractivity contribution in [1.82, 2.24) is 0 Å². The van der Waals surface area contributed by atoms with Gasteiger partial charge < -0.3 is 4.90 Å². The fraction of sp³-hybridized carbons (Fsp3) is 0.111. The molecule has 0 saturated carbocycles. The number of hydrogen-bond acceptors (Lipinski definition) is 1. The molecule has 0 saturated heterocycles. The van der Waals surface area contributed by atoms with E-state index in [0.29, 0.717) is 0 Å². The van der Waals surface area contributed by atoms with Gasteiger partial charge in [0.25, 0.3) is 0 Å². The summed E-state index contributed by atoms with van der Waals surface area (Å²) in [6.45, 7) is 0. The molecule has 0 aromatic heterocycles. The summed E-state index contributed by atoms with van der Waals surface area (Å²) in [6.07, 6.45) is 0. The standard InChI is InChI=1S/C27H25N/c1-28(2)26-21-13-12-20-25(26)27(22-14-6-3-7-15-22,23-16-8-4-9-17-23)24-18-10-5-11-19-24/h3-21H,1-2H3. The van der Waals surface area contributed by atoms with Gasteiger partial charge in [-0.1, -0.05) is 109 Å². The number of anilines is 1. The van der Waals surface area contributed by atoms with Crippen molar-refractivity contribution in [2.45, 2.75) is 5.41 Å². The fourth-order valence-electron chi connectivity index (χ4n) is 4.21. The lowest BCUT2D eigenvalue weighted by molar-refractivity contribution is 0.742. The van der Waals surface area contributed by atoms with Crippen LogP contribution in [0.5, 0.6) is 0 Å². The zero-order chi connectivity index (χ0) is 19.4. The highest BCUT2D eigenvalue weighted by atomic mass is 15.1. The van der Waals surface area contributed by atoms with Crippen molar-refractivity contribution in [3.8, 4) is 0 Å². The Morgan fingerprint density at radius 1 is 0.464 bits per heavy atom. The molecule has 1 nitrogen and oxygen atoms in total. The van der Waals surface area contributed by atoms with Crippen LogP contribution in [0, 0.1) is 0 Å². The summed E-state index contributed by atoms with van der Waals surface area (Å²) in [4.78, 5) is 2.21. The minimum atomic E-state index is -0.398. The van der Waals surface area contributed by atoms with Gasteiger partial charge in [0.1, 0.15) is 0 Å². The van der Waals surface area contributed by atoms with Gasteiger partial charge in [-0.3, -0.25) is 0 Å². The van der Waals surface area contributed by atoms with Crippen LogP contribution in [0.1, 0.15) is 22.3 Å². The van der Waals surface area contributed by atoms with Gasteiger partial charge >= 0.3 is 0 Å². The number of para-hydroxylation sites is 1. The topological polar surface area (TPSA) is 3.24 Å². The molecule has 0 aliphatic carbocycles. The van der Waals surface area contributed by atoms with Gasteiger partial charge in [0.15, 0.2) is 0 Å². The van der Waals surface area contributed by atoms with E-state index in [1.807, 2.05) is 0 Å². The highest BCUT2D eigenvalue weighted by molar-refractivity contribution is 5.68. The molecule has 0 atom stereocenters. The molecule has 4 aromatic rings. The molecule has 28 heavy (non-hydrogen) atoms. The van der Waals surface area contributed by atoms with Gasteiger partial charge in [0, 0.05) is 19.8 Å². The van der Waals surface area contributed by atoms with Crippen molar-refractivity contribution >= 4 is 5.69 Å². The van der Waals surface area contributed by atoms with Crippen molar-refractivity contribution in [1.29, 1.82) is 0 Å². The Labute approximate surface area is 167 Å². The maximum Gasteiger partial charge on any atom is 0.0721 e. The SMILES string of the molecule is CN(C)c1ccccc1C(c1ccccc1)(c1ccccc1)c1ccccc1. The smallest absolute Gasteiger partial charge is 0.0721 e. The average Bonchev–Trinajstić information content (AvgIpc) is 2.77. The number of nitrogens with zero attached hydrogens (tertiary/aromatic N) is 1. The molecule has 0 heterocycles. The molecule has 4 rings (SSSR count). The van der Waals surface area contributed by atoms with Crippen LogP contribution in [-0.4, -0.2) is 14.1 Å². The van der Waals surface area contributed by atoms with Gasteiger partial charge in [-0.2, -0.15) is 0 Å². The number of rotatable bonds is 5. The van der Waals surface area contributed by atoms with E-state index < -0.39 is 5.41 Å². The van der Waals surface area contributed by atoms with E-state index in [2.05, 4.69) is 134 Å². The number of benzene rings is 4. The van der Waals surface area contributed by atoms with E-state index in [0.717, 1.165) is 0 Å². The summed E-state index contributed by atoms with van der Waals surface area (Å²) < 4.78 is 0. The van der Waals surface area contributed by atoms with Crippen LogP contribution in [0.15, 0.2) is 115 Å². The first-order valence-corrected chi connectivity index (χ1v) is 9.68. The Morgan fingerprint density at radius 2 is 0.821 bits per heavy atom. The van der Waals surface area contributed by atoms with Gasteiger partial charge in [-0.05, 0) is 28.3 Å². The summed E-state index contributed by atoms with van der Waals surface area (Å²) in [5, 5.41) is 0. The summed E-state index contributed by atoms with van der Waals surface area (Å²) in [6, 6.07) is 41.2. The van der Waals surface area contributed by atoms with Crippen LogP contribution in [0.3, 0.4) is 0 Å². The molecule has 0 unspecified atom stereocenters. The van der Waals surface area contributed by atoms with Crippen LogP contribution < -0.4 is 4.90 Å². The summed E-state index contributed by atoms with van der Waals surface area (Å²) in [5.41, 5.74) is 5.90. The van der Waals surface area contributed by atoms with Crippen molar-refractivity contribution in [2.24, 2.45) is 0 Å². The molecule has 0 bridgehead atoms. The third kappa shape index (κ3) is 2.99. The first-order chi connectivity index (χ1) is 13.7. The molecule has 0 aliphatic heterocycles. The molecule has 4 aromatic carbocycles. The lowest BCUT2D eigenvalue weighted by atomic mass is 9.64. The highest BCUT2D eigenvalue weighted by Gasteiger charge is 2.39. The lowest BCUT2D eigenvalue weighted by Crippen LogP contribution is -2.32. The van der Waals surface area contributed by atoms with E-state index in [-0.39, 0.29) is 0 Å². The van der Waals surface area contributed by atoms with Crippen molar-refractivity contribution in [3.05, 3.63) is 138 Å². The van der Waals surface area contributed by atoms with Gasteiger partial charge in [-0.15, -0.1) is 0 Å². The van der Waals surface area contributed by atoms with Crippen LogP contribution in [0.4, 0.5) is 5.69 Å². The molecular formula is C27H25N. The molecule has 0 amide bonds. The second-order valence-corrected chi connectivity index (χ2v) is 7.26. The van der Waals surface area contributed by atoms with Crippen LogP contribution >= 0.6 is 0 Å². The van der Waals surface area contributed by atoms with E-state index in [4.69, 9.17) is 0 Å². The largest absolute Gasteiger partial charge is 0.377 e. The van der Waals surface area contributed by atoms with Gasteiger partial charge in [-0.25, -0.2) is 0 Å². The second kappa shape index (κ2) is 7.74. The highest BCUT2D eigenvalue weighted by Crippen LogP contribution is 2.47. The van der Waals surface area contributed by atoms with E-state index >= 15 is 0 Å². The van der Waals surface area contributed by atoms with Gasteiger partial charge in [0.2, 0.25) is 0 Å². The Morgan fingerprint density at radius 3 is 1.21 bits per heavy atom. The first kappa shape index (κ1) is 18.1. The summed E-state index contributed by atoms with van der Waals surface area (Å²) >= 11 is 0. The van der Waals surface area contributed by atoms with Crippen LogP contribution in [0.2, 0.25) is 0 Å². The molecule has 1 heteroatoms. The zero-order valence-corrected chi connectivity index (χ0v) is 16.4.